The average Bonchev–Trinajstić information content (AvgIpc) is 2.46. The summed E-state index contributed by atoms with van der Waals surface area (Å²) in [6.45, 7) is 5.93. The molecule has 0 aromatic carbocycles. The predicted molar refractivity (Wildman–Crippen MR) is 78.0 cm³/mol. The standard InChI is InChI=1S/C17H24O3/c1-4-11(2)17(19)20-15-7-5-6-13-9-8-12(3)14(10-18)16(13)15/h6,8-12,14-16H,4-5,7H2,1-3H3/t11-,12-,14-,15-,16+/m0/s1. The normalized spacial score (nSPS) is 33.9. The van der Waals surface area contributed by atoms with Crippen LogP contribution in [0.25, 0.3) is 0 Å². The van der Waals surface area contributed by atoms with E-state index in [1.165, 1.54) is 0 Å². The van der Waals surface area contributed by atoms with Crippen LogP contribution in [-0.2, 0) is 14.3 Å². The molecule has 3 heteroatoms. The van der Waals surface area contributed by atoms with Crippen LogP contribution in [0, 0.1) is 23.7 Å². The Morgan fingerprint density at radius 1 is 1.55 bits per heavy atom. The van der Waals surface area contributed by atoms with Gasteiger partial charge in [0.15, 0.2) is 0 Å². The zero-order chi connectivity index (χ0) is 14.7. The molecule has 3 nitrogen and oxygen atoms in total. The van der Waals surface area contributed by atoms with E-state index in [4.69, 9.17) is 4.74 Å². The van der Waals surface area contributed by atoms with Gasteiger partial charge in [-0.3, -0.25) is 4.79 Å². The second-order valence-corrected chi connectivity index (χ2v) is 6.02. The van der Waals surface area contributed by atoms with Gasteiger partial charge >= 0.3 is 5.97 Å². The van der Waals surface area contributed by atoms with E-state index in [2.05, 4.69) is 25.2 Å². The molecule has 0 fully saturated rings. The summed E-state index contributed by atoms with van der Waals surface area (Å²) in [5.74, 6) is -0.0470. The zero-order valence-electron chi connectivity index (χ0n) is 12.5. The molecule has 5 atom stereocenters. The molecule has 110 valence electrons. The minimum absolute atomic E-state index is 0.0363. The van der Waals surface area contributed by atoms with Crippen LogP contribution in [-0.4, -0.2) is 18.4 Å². The van der Waals surface area contributed by atoms with Gasteiger partial charge in [0.05, 0.1) is 5.92 Å². The van der Waals surface area contributed by atoms with Crippen molar-refractivity contribution in [2.75, 3.05) is 0 Å². The number of rotatable bonds is 4. The third kappa shape index (κ3) is 2.87. The van der Waals surface area contributed by atoms with E-state index in [-0.39, 0.29) is 35.7 Å². The van der Waals surface area contributed by atoms with Gasteiger partial charge in [-0.1, -0.05) is 39.0 Å². The van der Waals surface area contributed by atoms with Gasteiger partial charge in [-0.25, -0.2) is 0 Å². The maximum Gasteiger partial charge on any atom is 0.308 e. The molecule has 0 N–H and O–H groups in total. The van der Waals surface area contributed by atoms with E-state index in [0.717, 1.165) is 31.1 Å². The van der Waals surface area contributed by atoms with Crippen LogP contribution in [0.1, 0.15) is 40.0 Å². The number of fused-ring (bicyclic) bond motifs is 1. The smallest absolute Gasteiger partial charge is 0.308 e. The van der Waals surface area contributed by atoms with Gasteiger partial charge in [0, 0.05) is 11.8 Å². The van der Waals surface area contributed by atoms with Gasteiger partial charge in [0.2, 0.25) is 0 Å². The molecule has 2 rings (SSSR count). The summed E-state index contributed by atoms with van der Waals surface area (Å²) >= 11 is 0. The first kappa shape index (κ1) is 15.0. The molecule has 0 saturated heterocycles. The molecule has 0 unspecified atom stereocenters. The third-order valence-corrected chi connectivity index (χ3v) is 4.67. The number of hydrogen-bond acceptors (Lipinski definition) is 3. The highest BCUT2D eigenvalue weighted by molar-refractivity contribution is 5.72. The highest BCUT2D eigenvalue weighted by atomic mass is 16.5. The summed E-state index contributed by atoms with van der Waals surface area (Å²) in [5.41, 5.74) is 1.16. The maximum absolute atomic E-state index is 12.0. The van der Waals surface area contributed by atoms with E-state index in [1.54, 1.807) is 0 Å². The third-order valence-electron chi connectivity index (χ3n) is 4.67. The molecule has 0 heterocycles. The van der Waals surface area contributed by atoms with E-state index in [1.807, 2.05) is 13.8 Å². The number of hydrogen-bond donors (Lipinski definition) is 0. The summed E-state index contributed by atoms with van der Waals surface area (Å²) in [6.07, 6.45) is 9.75. The Morgan fingerprint density at radius 3 is 2.95 bits per heavy atom. The first-order chi connectivity index (χ1) is 9.58. The van der Waals surface area contributed by atoms with Crippen LogP contribution in [0.5, 0.6) is 0 Å². The number of ether oxygens (including phenoxy) is 1. The fourth-order valence-corrected chi connectivity index (χ4v) is 3.08. The first-order valence-electron chi connectivity index (χ1n) is 7.62. The molecule has 0 radical (unpaired) electrons. The van der Waals surface area contributed by atoms with Crippen LogP contribution in [0.4, 0.5) is 0 Å². The average molecular weight is 276 g/mol. The highest BCUT2D eigenvalue weighted by Gasteiger charge is 2.40. The molecule has 0 amide bonds. The Kier molecular flexibility index (Phi) is 4.79. The van der Waals surface area contributed by atoms with Crippen molar-refractivity contribution < 1.29 is 14.3 Å². The molecule has 0 aliphatic heterocycles. The van der Waals surface area contributed by atoms with Crippen molar-refractivity contribution in [1.29, 1.82) is 0 Å². The van der Waals surface area contributed by atoms with Gasteiger partial charge in [0.1, 0.15) is 12.4 Å². The van der Waals surface area contributed by atoms with E-state index < -0.39 is 0 Å². The second-order valence-electron chi connectivity index (χ2n) is 6.02. The van der Waals surface area contributed by atoms with Gasteiger partial charge in [-0.05, 0) is 30.8 Å². The molecule has 0 saturated carbocycles. The summed E-state index contributed by atoms with van der Waals surface area (Å²) in [5, 5.41) is 0. The monoisotopic (exact) mass is 276 g/mol. The molecule has 0 aromatic heterocycles. The van der Waals surface area contributed by atoms with Gasteiger partial charge in [-0.15, -0.1) is 0 Å². The zero-order valence-corrected chi connectivity index (χ0v) is 12.5. The quantitative estimate of drug-likeness (QED) is 0.584. The van der Waals surface area contributed by atoms with Crippen molar-refractivity contribution >= 4 is 12.3 Å². The van der Waals surface area contributed by atoms with Crippen molar-refractivity contribution in [3.05, 3.63) is 23.8 Å². The number of aldehydes is 1. The number of allylic oxidation sites excluding steroid dienone is 3. The lowest BCUT2D eigenvalue weighted by Gasteiger charge is -2.39. The Hall–Kier alpha value is -1.38. The molecular formula is C17H24O3. The van der Waals surface area contributed by atoms with Gasteiger partial charge in [-0.2, -0.15) is 0 Å². The Labute approximate surface area is 121 Å². The van der Waals surface area contributed by atoms with Crippen LogP contribution < -0.4 is 0 Å². The molecule has 0 bridgehead atoms. The first-order valence-corrected chi connectivity index (χ1v) is 7.62. The van der Waals surface area contributed by atoms with Crippen LogP contribution >= 0.6 is 0 Å². The Balaban J connectivity index is 2.18. The van der Waals surface area contributed by atoms with E-state index >= 15 is 0 Å². The lowest BCUT2D eigenvalue weighted by molar-refractivity contribution is -0.158. The van der Waals surface area contributed by atoms with Crippen molar-refractivity contribution in [2.24, 2.45) is 23.7 Å². The minimum Gasteiger partial charge on any atom is -0.461 e. The van der Waals surface area contributed by atoms with E-state index in [9.17, 15) is 9.59 Å². The SMILES string of the molecule is CC[C@H](C)C(=O)O[C@H]1CCC=C2C=C[C@H](C)[C@H](C=O)[C@@H]21. The van der Waals surface area contributed by atoms with Crippen molar-refractivity contribution in [2.45, 2.75) is 46.1 Å². The van der Waals surface area contributed by atoms with Crippen LogP contribution in [0.15, 0.2) is 23.8 Å². The Morgan fingerprint density at radius 2 is 2.30 bits per heavy atom. The van der Waals surface area contributed by atoms with Crippen LogP contribution in [0.2, 0.25) is 0 Å². The summed E-state index contributed by atoms with van der Waals surface area (Å²) in [6, 6.07) is 0. The van der Waals surface area contributed by atoms with Crippen molar-refractivity contribution in [3.8, 4) is 0 Å². The van der Waals surface area contributed by atoms with Crippen LogP contribution in [0.3, 0.4) is 0 Å². The molecule has 2 aliphatic carbocycles. The summed E-state index contributed by atoms with van der Waals surface area (Å²) in [4.78, 5) is 23.5. The molecule has 0 aromatic rings. The van der Waals surface area contributed by atoms with Crippen molar-refractivity contribution in [1.82, 2.24) is 0 Å². The topological polar surface area (TPSA) is 43.4 Å². The number of esters is 1. The van der Waals surface area contributed by atoms with Crippen molar-refractivity contribution in [3.63, 3.8) is 0 Å². The highest BCUT2D eigenvalue weighted by Crippen LogP contribution is 2.40. The lowest BCUT2D eigenvalue weighted by Crippen LogP contribution is -2.40. The number of carbonyl (C=O) groups excluding carboxylic acids is 2. The van der Waals surface area contributed by atoms with Gasteiger partial charge < -0.3 is 9.53 Å². The molecule has 0 spiro atoms. The molecule has 20 heavy (non-hydrogen) atoms. The number of carbonyl (C=O) groups is 2. The summed E-state index contributed by atoms with van der Waals surface area (Å²) in [7, 11) is 0. The Bertz CT molecular complexity index is 436. The largest absolute Gasteiger partial charge is 0.461 e. The fourth-order valence-electron chi connectivity index (χ4n) is 3.08. The minimum atomic E-state index is -0.154. The van der Waals surface area contributed by atoms with E-state index in [0.29, 0.717) is 0 Å². The van der Waals surface area contributed by atoms with Gasteiger partial charge in [0.25, 0.3) is 0 Å². The summed E-state index contributed by atoms with van der Waals surface area (Å²) < 4.78 is 5.72. The maximum atomic E-state index is 12.0. The predicted octanol–water partition coefficient (Wildman–Crippen LogP) is 3.30. The molecule has 2 aliphatic rings. The lowest BCUT2D eigenvalue weighted by atomic mass is 9.69. The fraction of sp³-hybridized carbons (Fsp3) is 0.647. The second kappa shape index (κ2) is 6.38. The molecular weight excluding hydrogens is 252 g/mol.